The normalized spacial score (nSPS) is 17.1. The Morgan fingerprint density at radius 1 is 1.04 bits per heavy atom. The highest BCUT2D eigenvalue weighted by Crippen LogP contribution is 2.24. The van der Waals surface area contributed by atoms with Crippen LogP contribution in [-0.2, 0) is 29.3 Å². The number of hydrogen-bond acceptors (Lipinski definition) is 3. The van der Waals surface area contributed by atoms with Crippen LogP contribution in [0.4, 0.5) is 5.69 Å². The van der Waals surface area contributed by atoms with E-state index in [1.807, 2.05) is 24.3 Å². The van der Waals surface area contributed by atoms with Crippen molar-refractivity contribution in [1.82, 2.24) is 5.32 Å². The highest BCUT2D eigenvalue weighted by molar-refractivity contribution is 7.92. The van der Waals surface area contributed by atoms with Crippen molar-refractivity contribution >= 4 is 15.7 Å². The van der Waals surface area contributed by atoms with Crippen LogP contribution < -0.4 is 10.0 Å². The van der Waals surface area contributed by atoms with Gasteiger partial charge < -0.3 is 5.32 Å². The molecule has 0 saturated heterocycles. The van der Waals surface area contributed by atoms with E-state index in [4.69, 9.17) is 0 Å². The van der Waals surface area contributed by atoms with Crippen LogP contribution in [-0.4, -0.2) is 27.8 Å². The van der Waals surface area contributed by atoms with Gasteiger partial charge in [0.15, 0.2) is 0 Å². The molecule has 0 heterocycles. The Balaban J connectivity index is 1.40. The van der Waals surface area contributed by atoms with Crippen LogP contribution in [0.15, 0.2) is 48.5 Å². The van der Waals surface area contributed by atoms with E-state index in [1.165, 1.54) is 36.0 Å². The zero-order valence-corrected chi connectivity index (χ0v) is 15.5. The van der Waals surface area contributed by atoms with Gasteiger partial charge in [-0.1, -0.05) is 36.4 Å². The standard InChI is InChI=1S/C20H26N2O2S/c1-25(23,24)22-20-10-7-16(8-11-20)12-13-21-15-17-6-9-18-4-2-3-5-19(18)14-17/h2-5,7-8,10-11,17,21-22H,6,9,12-15H2,1H3/t17-/m0/s1. The molecule has 0 unspecified atom stereocenters. The number of fused-ring (bicyclic) bond motifs is 1. The van der Waals surface area contributed by atoms with E-state index >= 15 is 0 Å². The molecule has 1 aliphatic carbocycles. The van der Waals surface area contributed by atoms with Gasteiger partial charge in [0.25, 0.3) is 0 Å². The van der Waals surface area contributed by atoms with Crippen molar-refractivity contribution in [2.45, 2.75) is 25.7 Å². The van der Waals surface area contributed by atoms with Gasteiger partial charge in [-0.3, -0.25) is 4.72 Å². The Hall–Kier alpha value is -1.85. The highest BCUT2D eigenvalue weighted by Gasteiger charge is 2.17. The molecular weight excluding hydrogens is 332 g/mol. The maximum absolute atomic E-state index is 11.2. The van der Waals surface area contributed by atoms with Crippen molar-refractivity contribution in [2.75, 3.05) is 24.1 Å². The molecule has 0 fully saturated rings. The predicted octanol–water partition coefficient (Wildman–Crippen LogP) is 3.00. The summed E-state index contributed by atoms with van der Waals surface area (Å²) in [6.07, 6.45) is 5.74. The van der Waals surface area contributed by atoms with Gasteiger partial charge in [-0.2, -0.15) is 0 Å². The lowest BCUT2D eigenvalue weighted by Crippen LogP contribution is -2.28. The van der Waals surface area contributed by atoms with Gasteiger partial charge in [0, 0.05) is 5.69 Å². The summed E-state index contributed by atoms with van der Waals surface area (Å²) in [5.74, 6) is 0.719. The third-order valence-electron chi connectivity index (χ3n) is 4.73. The van der Waals surface area contributed by atoms with Crippen LogP contribution in [0.25, 0.3) is 0 Å². The van der Waals surface area contributed by atoms with Crippen molar-refractivity contribution in [3.63, 3.8) is 0 Å². The Labute approximate surface area is 150 Å². The summed E-state index contributed by atoms with van der Waals surface area (Å²) in [7, 11) is -3.21. The molecule has 0 saturated carbocycles. The number of nitrogens with one attached hydrogen (secondary N) is 2. The maximum Gasteiger partial charge on any atom is 0.229 e. The molecule has 4 nitrogen and oxygen atoms in total. The van der Waals surface area contributed by atoms with Crippen LogP contribution in [0.1, 0.15) is 23.1 Å². The maximum atomic E-state index is 11.2. The van der Waals surface area contributed by atoms with Crippen LogP contribution >= 0.6 is 0 Å². The van der Waals surface area contributed by atoms with Crippen molar-refractivity contribution in [3.05, 3.63) is 65.2 Å². The second-order valence-electron chi connectivity index (χ2n) is 6.90. The van der Waals surface area contributed by atoms with Gasteiger partial charge in [0.1, 0.15) is 0 Å². The number of rotatable bonds is 7. The third-order valence-corrected chi connectivity index (χ3v) is 5.34. The smallest absolute Gasteiger partial charge is 0.229 e. The quantitative estimate of drug-likeness (QED) is 0.748. The van der Waals surface area contributed by atoms with Gasteiger partial charge in [-0.05, 0) is 73.5 Å². The molecule has 0 amide bonds. The molecule has 0 aromatic heterocycles. The molecule has 25 heavy (non-hydrogen) atoms. The van der Waals surface area contributed by atoms with E-state index < -0.39 is 10.0 Å². The molecule has 2 N–H and O–H groups in total. The Bertz CT molecular complexity index is 801. The Kier molecular flexibility index (Phi) is 5.76. The minimum Gasteiger partial charge on any atom is -0.316 e. The molecule has 134 valence electrons. The van der Waals surface area contributed by atoms with E-state index in [2.05, 4.69) is 34.3 Å². The summed E-state index contributed by atoms with van der Waals surface area (Å²) in [4.78, 5) is 0. The minimum atomic E-state index is -3.21. The van der Waals surface area contributed by atoms with Gasteiger partial charge in [0.05, 0.1) is 6.26 Å². The molecule has 2 aromatic rings. The third kappa shape index (κ3) is 5.58. The van der Waals surface area contributed by atoms with E-state index in [9.17, 15) is 8.42 Å². The molecule has 2 aromatic carbocycles. The molecule has 1 atom stereocenters. The van der Waals surface area contributed by atoms with Crippen LogP contribution in [0.3, 0.4) is 0 Å². The predicted molar refractivity (Wildman–Crippen MR) is 103 cm³/mol. The monoisotopic (exact) mass is 358 g/mol. The Morgan fingerprint density at radius 2 is 1.76 bits per heavy atom. The first-order valence-electron chi connectivity index (χ1n) is 8.84. The van der Waals surface area contributed by atoms with Gasteiger partial charge >= 0.3 is 0 Å². The topological polar surface area (TPSA) is 58.2 Å². The summed E-state index contributed by atoms with van der Waals surface area (Å²) >= 11 is 0. The zero-order valence-electron chi connectivity index (χ0n) is 14.7. The fraction of sp³-hybridized carbons (Fsp3) is 0.400. The number of benzene rings is 2. The number of anilines is 1. The van der Waals surface area contributed by atoms with Crippen molar-refractivity contribution < 1.29 is 8.42 Å². The summed E-state index contributed by atoms with van der Waals surface area (Å²) in [6.45, 7) is 2.00. The fourth-order valence-electron chi connectivity index (χ4n) is 3.44. The van der Waals surface area contributed by atoms with Gasteiger partial charge in [-0.15, -0.1) is 0 Å². The fourth-order valence-corrected chi connectivity index (χ4v) is 4.00. The van der Waals surface area contributed by atoms with Crippen molar-refractivity contribution in [3.8, 4) is 0 Å². The average molecular weight is 359 g/mol. The number of hydrogen-bond donors (Lipinski definition) is 2. The molecule has 0 aliphatic heterocycles. The van der Waals surface area contributed by atoms with Gasteiger partial charge in [-0.25, -0.2) is 8.42 Å². The first-order chi connectivity index (χ1) is 12.0. The van der Waals surface area contributed by atoms with Crippen LogP contribution in [0.2, 0.25) is 0 Å². The molecular formula is C20H26N2O2S. The van der Waals surface area contributed by atoms with Crippen molar-refractivity contribution in [1.29, 1.82) is 0 Å². The Morgan fingerprint density at radius 3 is 2.48 bits per heavy atom. The first kappa shape index (κ1) is 18.0. The van der Waals surface area contributed by atoms with Crippen molar-refractivity contribution in [2.24, 2.45) is 5.92 Å². The zero-order chi connectivity index (χ0) is 17.7. The summed E-state index contributed by atoms with van der Waals surface area (Å²) in [5.41, 5.74) is 4.84. The lowest BCUT2D eigenvalue weighted by molar-refractivity contribution is 0.426. The van der Waals surface area contributed by atoms with Gasteiger partial charge in [0.2, 0.25) is 10.0 Å². The van der Waals surface area contributed by atoms with E-state index in [1.54, 1.807) is 0 Å². The summed E-state index contributed by atoms with van der Waals surface area (Å²) < 4.78 is 24.9. The molecule has 0 bridgehead atoms. The molecule has 1 aliphatic rings. The first-order valence-corrected chi connectivity index (χ1v) is 10.7. The average Bonchev–Trinajstić information content (AvgIpc) is 2.59. The van der Waals surface area contributed by atoms with E-state index in [-0.39, 0.29) is 0 Å². The lowest BCUT2D eigenvalue weighted by atomic mass is 9.84. The summed E-state index contributed by atoms with van der Waals surface area (Å²) in [5, 5.41) is 3.58. The molecule has 3 rings (SSSR count). The van der Waals surface area contributed by atoms with Crippen LogP contribution in [0, 0.1) is 5.92 Å². The molecule has 0 spiro atoms. The number of aryl methyl sites for hydroxylation is 1. The lowest BCUT2D eigenvalue weighted by Gasteiger charge is -2.24. The van der Waals surface area contributed by atoms with E-state index in [0.717, 1.165) is 31.7 Å². The molecule has 0 radical (unpaired) electrons. The largest absolute Gasteiger partial charge is 0.316 e. The highest BCUT2D eigenvalue weighted by atomic mass is 32.2. The SMILES string of the molecule is CS(=O)(=O)Nc1ccc(CCNC[C@H]2CCc3ccccc3C2)cc1. The minimum absolute atomic E-state index is 0.611. The second kappa shape index (κ2) is 8.02. The molecule has 5 heteroatoms. The second-order valence-corrected chi connectivity index (χ2v) is 8.65. The van der Waals surface area contributed by atoms with Crippen LogP contribution in [0.5, 0.6) is 0 Å². The van der Waals surface area contributed by atoms with E-state index in [0.29, 0.717) is 5.69 Å². The summed E-state index contributed by atoms with van der Waals surface area (Å²) in [6, 6.07) is 16.4. The number of sulfonamides is 1.